The number of amides is 2. The van der Waals surface area contributed by atoms with Crippen LogP contribution >= 0.6 is 7.60 Å². The van der Waals surface area contributed by atoms with E-state index in [9.17, 15) is 57.3 Å². The number of methoxy groups -OCH3 is 2. The second kappa shape index (κ2) is 86.2. The largest absolute Gasteiger partial charge is 0.519 e. The van der Waals surface area contributed by atoms with Crippen LogP contribution < -0.4 is 5.82 Å². The predicted molar refractivity (Wildman–Crippen MR) is 492 cm³/mol. The molecule has 0 aliphatic carbocycles. The van der Waals surface area contributed by atoms with Crippen LogP contribution in [0.2, 0.25) is 0 Å². The lowest BCUT2D eigenvalue weighted by Crippen LogP contribution is -2.33. The lowest BCUT2D eigenvalue weighted by Gasteiger charge is -2.20. The molecule has 0 saturated carbocycles. The molecule has 0 saturated heterocycles. The van der Waals surface area contributed by atoms with E-state index >= 15 is 0 Å². The standard InChI is InChI=1S/C13H24O4.C11H22O.C10H14.C8H17NO.C8H12O3.C7H17O3P.2C7H14O3.C6H13NO.C6H12O3.C6H12O2.C5H10O/c1-9(2)8-16-12(15)10(3)7-11(14)17-13(4,5)6;1-4-5-6-7-8-9-11(12)10(2)3;1-9(2)8-10-6-4-3-5-7-10;1-5-9(6-2)8(10)7(3)4;1-5(2)4-7-6(3)10-8(9)11-7;1-5-9-11(8,7(3)4)10-6-2;1-6(2)7(8)10-5-4-9-3;1-4-9-7(8)10-5-6(2)3;1-5(2)6(8)7(3)4;1-5(2)4-9-6(7)8-3;1-5(2)4-8-6(3)7;1-4(2)5(3)6/h9-10H,7-8H2,1-6H3;10H,4-9H2,1-3H3;3-7,9H,8H2,1-2H3;7H,5-6H2,1-4H3;5H,4H2,1-3H3;7H,5-6H2,1-4H3;2*6H,4-5H2,1-3H3;5H,1-4H3;5H,4H2,1-3H3;5H,4H2,1-3H3;4H,1-3H3. The number of nitrogens with zero attached hydrogens (tertiary/aromatic N) is 2. The second-order valence-electron chi connectivity index (χ2n) is 34.0. The Morgan fingerprint density at radius 1 is 0.475 bits per heavy atom. The van der Waals surface area contributed by atoms with Gasteiger partial charge in [-0.15, -0.1) is 0 Å². The van der Waals surface area contributed by atoms with Crippen LogP contribution in [-0.4, -0.2) is 181 Å². The van der Waals surface area contributed by atoms with Crippen molar-refractivity contribution in [2.75, 3.05) is 101 Å². The molecule has 0 aliphatic heterocycles. The quantitative estimate of drug-likeness (QED) is 0.0262. The Bertz CT molecular complexity index is 2950. The van der Waals surface area contributed by atoms with Crippen molar-refractivity contribution in [1.29, 1.82) is 0 Å². The molecule has 0 fully saturated rings. The summed E-state index contributed by atoms with van der Waals surface area (Å²) in [5.74, 6) is 3.65. The van der Waals surface area contributed by atoms with E-state index < -0.39 is 37.2 Å². The van der Waals surface area contributed by atoms with Crippen molar-refractivity contribution >= 4 is 67.2 Å². The number of ether oxygens (including phenoxy) is 9. The van der Waals surface area contributed by atoms with Crippen LogP contribution in [0.15, 0.2) is 44.0 Å². The molecule has 1 aromatic carbocycles. The fourth-order valence-corrected chi connectivity index (χ4v) is 9.18. The van der Waals surface area contributed by atoms with Gasteiger partial charge in [-0.05, 0) is 123 Å². The normalized spacial score (nSPS) is 10.7. The van der Waals surface area contributed by atoms with Crippen LogP contribution in [0.4, 0.5) is 9.59 Å². The fraction of sp³-hybridized carbons (Fsp3) is 0.798. The molecule has 0 N–H and O–H groups in total. The van der Waals surface area contributed by atoms with Gasteiger partial charge in [0.2, 0.25) is 11.8 Å². The SMILES string of the molecule is CC(=O)C(C)C.CC(=O)OCC(C)C.CC(C)C(=O)N(C)C.CC(C)COC(=O)C(C)CC(=O)OC(C)(C)C.CC(C)Cc1ccccc1.CCCCCCCC(=O)C(C)C.CCN(CC)C(=O)C(C)C.CCOC(=O)OCC(C)C.CCOP(=O)(OCC)C(C)C.COC(=O)OCC(C)C.COCCOC(=O)C(C)C.Cc1oc(=O)oc1CC(C)C. The number of hydrogen-bond acceptors (Lipinski definition) is 25. The first-order chi connectivity index (χ1) is 56.2. The Balaban J connectivity index is -0.000000141. The van der Waals surface area contributed by atoms with Gasteiger partial charge in [-0.3, -0.25) is 42.9 Å². The van der Waals surface area contributed by atoms with Gasteiger partial charge in [0.25, 0.3) is 0 Å². The first-order valence-electron chi connectivity index (χ1n) is 43.9. The maximum Gasteiger partial charge on any atom is 0.519 e. The molecule has 1 atom stereocenters. The number of hydrogen-bond donors (Lipinski definition) is 0. The average molecular weight is 1770 g/mol. The van der Waals surface area contributed by atoms with Gasteiger partial charge in [-0.1, -0.05) is 236 Å². The Labute approximate surface area is 741 Å². The summed E-state index contributed by atoms with van der Waals surface area (Å²) in [4.78, 5) is 122. The molecule has 0 radical (unpaired) electrons. The topological polar surface area (TPSA) is 339 Å². The highest BCUT2D eigenvalue weighted by Gasteiger charge is 2.28. The zero-order valence-electron chi connectivity index (χ0n) is 84.6. The molecule has 2 aromatic rings. The smallest absolute Gasteiger partial charge is 0.466 e. The fourth-order valence-electron chi connectivity index (χ4n) is 7.79. The van der Waals surface area contributed by atoms with Gasteiger partial charge in [0.05, 0.1) is 83.9 Å². The van der Waals surface area contributed by atoms with Gasteiger partial charge >= 0.3 is 49.6 Å². The van der Waals surface area contributed by atoms with E-state index in [0.29, 0.717) is 106 Å². The van der Waals surface area contributed by atoms with Crippen LogP contribution in [0.3, 0.4) is 0 Å². The van der Waals surface area contributed by atoms with Crippen molar-refractivity contribution < 1.29 is 113 Å². The van der Waals surface area contributed by atoms with Gasteiger partial charge < -0.3 is 70.3 Å². The van der Waals surface area contributed by atoms with Gasteiger partial charge in [-0.25, -0.2) is 14.4 Å². The Morgan fingerprint density at radius 3 is 1.20 bits per heavy atom. The van der Waals surface area contributed by atoms with Crippen LogP contribution in [0.25, 0.3) is 0 Å². The third-order valence-electron chi connectivity index (χ3n) is 14.6. The number of unbranched alkanes of at least 4 members (excludes halogenated alkanes) is 4. The molecule has 2 amide bonds. The van der Waals surface area contributed by atoms with Crippen LogP contribution in [0.1, 0.15) is 311 Å². The molecule has 0 bridgehead atoms. The third-order valence-corrected chi connectivity index (χ3v) is 17.1. The van der Waals surface area contributed by atoms with E-state index in [-0.39, 0.29) is 83.1 Å². The summed E-state index contributed by atoms with van der Waals surface area (Å²) in [6.07, 6.45) is 7.84. The summed E-state index contributed by atoms with van der Waals surface area (Å²) in [7, 11) is 3.61. The number of rotatable bonds is 37. The van der Waals surface area contributed by atoms with E-state index in [1.54, 1.807) is 88.4 Å². The summed E-state index contributed by atoms with van der Waals surface area (Å²) < 4.78 is 73.7. The molecule has 2 rings (SSSR count). The minimum Gasteiger partial charge on any atom is -0.466 e. The van der Waals surface area contributed by atoms with Gasteiger partial charge in [0, 0.05) is 77.7 Å². The maximum atomic E-state index is 11.7. The molecule has 1 unspecified atom stereocenters. The maximum absolute atomic E-state index is 11.7. The predicted octanol–water partition coefficient (Wildman–Crippen LogP) is 22.2. The number of Topliss-reactive ketones (excluding diaryl/α,β-unsaturated/α-hetero) is 2. The number of esters is 4. The van der Waals surface area contributed by atoms with Crippen LogP contribution in [-0.2, 0) is 107 Å². The third kappa shape index (κ3) is 104. The molecular formula is C94H181N2O25P. The minimum atomic E-state index is -2.79. The summed E-state index contributed by atoms with van der Waals surface area (Å²) in [6, 6.07) is 10.6. The molecule has 1 aromatic heterocycles. The molecule has 28 heteroatoms. The molecule has 0 spiro atoms. The van der Waals surface area contributed by atoms with Crippen molar-refractivity contribution in [2.45, 2.75) is 325 Å². The first-order valence-corrected chi connectivity index (χ1v) is 45.5. The zero-order valence-corrected chi connectivity index (χ0v) is 85.5. The average Bonchev–Trinajstić information content (AvgIpc) is 1.79. The van der Waals surface area contributed by atoms with E-state index in [4.69, 9.17) is 36.8 Å². The molecule has 722 valence electrons. The molecule has 1 heterocycles. The van der Waals surface area contributed by atoms with E-state index in [1.165, 1.54) is 51.7 Å². The van der Waals surface area contributed by atoms with Crippen molar-refractivity contribution in [1.82, 2.24) is 9.80 Å². The van der Waals surface area contributed by atoms with Gasteiger partial charge in [-0.2, -0.15) is 0 Å². The first kappa shape index (κ1) is 136. The number of ketones is 2. The number of carbonyl (C=O) groups is 10. The van der Waals surface area contributed by atoms with Gasteiger partial charge in [0.15, 0.2) is 0 Å². The number of aryl methyl sites for hydroxylation is 1. The minimum absolute atomic E-state index is 0.0446. The molecule has 27 nitrogen and oxygen atoms in total. The number of carbonyl (C=O) groups excluding carboxylic acids is 10. The lowest BCUT2D eigenvalue weighted by molar-refractivity contribution is -0.161. The number of benzene rings is 1. The van der Waals surface area contributed by atoms with E-state index in [2.05, 4.69) is 88.6 Å². The Hall–Kier alpha value is -6.96. The summed E-state index contributed by atoms with van der Waals surface area (Å²) in [5.41, 5.74) is 0.874. The summed E-state index contributed by atoms with van der Waals surface area (Å²) in [6.45, 7) is 76.0. The Kier molecular flexibility index (Phi) is 95.8. The van der Waals surface area contributed by atoms with E-state index in [0.717, 1.165) is 38.3 Å². The van der Waals surface area contributed by atoms with Crippen LogP contribution in [0.5, 0.6) is 0 Å². The Morgan fingerprint density at radius 2 is 0.910 bits per heavy atom. The van der Waals surface area contributed by atoms with Crippen LogP contribution in [0, 0.1) is 77.9 Å². The summed E-state index contributed by atoms with van der Waals surface area (Å²) >= 11 is 0. The highest BCUT2D eigenvalue weighted by Crippen LogP contribution is 2.52. The van der Waals surface area contributed by atoms with Gasteiger partial charge in [0.1, 0.15) is 35.3 Å². The highest BCUT2D eigenvalue weighted by atomic mass is 31.2. The lowest BCUT2D eigenvalue weighted by atomic mass is 10.0. The molecule has 0 aliphatic rings. The molecule has 122 heavy (non-hydrogen) atoms. The highest BCUT2D eigenvalue weighted by molar-refractivity contribution is 7.54. The van der Waals surface area contributed by atoms with Crippen molar-refractivity contribution in [3.63, 3.8) is 0 Å². The second-order valence-corrected chi connectivity index (χ2v) is 36.6. The monoisotopic (exact) mass is 1770 g/mol. The van der Waals surface area contributed by atoms with Crippen molar-refractivity contribution in [3.05, 3.63) is 58.0 Å². The zero-order chi connectivity index (χ0) is 97.6. The molecular weight excluding hydrogens is 1590 g/mol. The summed E-state index contributed by atoms with van der Waals surface area (Å²) in [5, 5.41) is 0. The van der Waals surface area contributed by atoms with Crippen molar-refractivity contribution in [3.8, 4) is 0 Å². The van der Waals surface area contributed by atoms with E-state index in [1.807, 2.05) is 157 Å². The van der Waals surface area contributed by atoms with Crippen molar-refractivity contribution in [2.24, 2.45) is 71.0 Å².